The van der Waals surface area contributed by atoms with Crippen LogP contribution in [0.25, 0.3) is 17.0 Å². The highest BCUT2D eigenvalue weighted by Gasteiger charge is 2.25. The Kier molecular flexibility index (Phi) is 2.50. The fraction of sp³-hybridized carbons (Fsp3) is 0. The Balaban J connectivity index is 1.79. The smallest absolute Gasteiger partial charge is 0.273 e. The van der Waals surface area contributed by atoms with Gasteiger partial charge in [0.2, 0.25) is 0 Å². The van der Waals surface area contributed by atoms with Crippen LogP contribution in [0.1, 0.15) is 11.5 Å². The molecule has 4 rings (SSSR count). The predicted octanol–water partition coefficient (Wildman–Crippen LogP) is 2.68. The molecule has 5 nitrogen and oxygen atoms in total. The maximum Gasteiger partial charge on any atom is 0.273 e. The van der Waals surface area contributed by atoms with Crippen LogP contribution in [0.5, 0.6) is 0 Å². The van der Waals surface area contributed by atoms with Crippen molar-refractivity contribution in [2.75, 3.05) is 0 Å². The summed E-state index contributed by atoms with van der Waals surface area (Å²) in [5.41, 5.74) is 5.35. The molecule has 1 aliphatic rings. The molecule has 102 valence electrons. The molecule has 2 N–H and O–H groups in total. The topological polar surface area (TPSA) is 70.4 Å². The van der Waals surface area contributed by atoms with E-state index in [0.29, 0.717) is 17.0 Å². The summed E-state index contributed by atoms with van der Waals surface area (Å²) in [4.78, 5) is 15.2. The van der Waals surface area contributed by atoms with Crippen molar-refractivity contribution in [1.29, 1.82) is 0 Å². The minimum Gasteiger partial charge on any atom is -0.463 e. The third-order valence-corrected chi connectivity index (χ3v) is 3.37. The molecule has 0 bridgehead atoms. The molecule has 0 unspecified atom stereocenters. The van der Waals surface area contributed by atoms with Crippen molar-refractivity contribution in [2.45, 2.75) is 0 Å². The predicted molar refractivity (Wildman–Crippen MR) is 79.7 cm³/mol. The summed E-state index contributed by atoms with van der Waals surface area (Å²) in [5.74, 6) is 0.329. The van der Waals surface area contributed by atoms with E-state index in [0.717, 1.165) is 16.6 Å². The lowest BCUT2D eigenvalue weighted by Crippen LogP contribution is -2.13. The van der Waals surface area contributed by atoms with Gasteiger partial charge in [0.25, 0.3) is 5.91 Å². The normalized spacial score (nSPS) is 16.5. The first-order chi connectivity index (χ1) is 10.3. The largest absolute Gasteiger partial charge is 0.463 e. The Morgan fingerprint density at radius 1 is 1.14 bits per heavy atom. The lowest BCUT2D eigenvalue weighted by Gasteiger charge is -1.96. The van der Waals surface area contributed by atoms with E-state index in [9.17, 15) is 4.79 Å². The first kappa shape index (κ1) is 11.7. The summed E-state index contributed by atoms with van der Waals surface area (Å²) in [6.45, 7) is 0. The fourth-order valence-electron chi connectivity index (χ4n) is 2.40. The second-order valence-electron chi connectivity index (χ2n) is 4.75. The van der Waals surface area contributed by atoms with Crippen molar-refractivity contribution < 1.29 is 9.21 Å². The van der Waals surface area contributed by atoms with Gasteiger partial charge in [-0.25, -0.2) is 5.43 Å². The molecule has 1 aromatic carbocycles. The quantitative estimate of drug-likeness (QED) is 0.707. The lowest BCUT2D eigenvalue weighted by atomic mass is 10.1. The van der Waals surface area contributed by atoms with Gasteiger partial charge in [0.05, 0.1) is 11.8 Å². The van der Waals surface area contributed by atoms with E-state index < -0.39 is 0 Å². The van der Waals surface area contributed by atoms with Crippen molar-refractivity contribution in [3.63, 3.8) is 0 Å². The first-order valence-corrected chi connectivity index (χ1v) is 6.53. The first-order valence-electron chi connectivity index (χ1n) is 6.53. The molecule has 0 fully saturated rings. The summed E-state index contributed by atoms with van der Waals surface area (Å²) in [6, 6.07) is 13.5. The maximum atomic E-state index is 11.9. The van der Waals surface area contributed by atoms with Gasteiger partial charge in [-0.3, -0.25) is 4.79 Å². The monoisotopic (exact) mass is 277 g/mol. The molecular weight excluding hydrogens is 266 g/mol. The van der Waals surface area contributed by atoms with Crippen LogP contribution in [-0.4, -0.2) is 16.6 Å². The molecule has 0 saturated heterocycles. The van der Waals surface area contributed by atoms with Crippen LogP contribution in [-0.2, 0) is 4.79 Å². The number of fused-ring (bicyclic) bond motifs is 1. The Morgan fingerprint density at radius 3 is 2.86 bits per heavy atom. The summed E-state index contributed by atoms with van der Waals surface area (Å²) in [7, 11) is 0. The SMILES string of the molecule is O=C1NN=C(c2ccco2)C1=Cc1cc2ccccc2[nH]1. The standard InChI is InChI=1S/C16H11N3O2/c20-16-12(15(18-19-16)14-6-3-7-21-14)9-11-8-10-4-1-2-5-13(10)17-11/h1-9,17H,(H,19,20). The fourth-order valence-corrected chi connectivity index (χ4v) is 2.40. The summed E-state index contributed by atoms with van der Waals surface area (Å²) < 4.78 is 5.32. The molecule has 0 atom stereocenters. The van der Waals surface area contributed by atoms with Gasteiger partial charge in [0.1, 0.15) is 5.71 Å². The molecule has 2 aromatic heterocycles. The van der Waals surface area contributed by atoms with Gasteiger partial charge >= 0.3 is 0 Å². The Labute approximate surface area is 120 Å². The number of para-hydroxylation sites is 1. The number of hydrogen-bond acceptors (Lipinski definition) is 3. The Bertz CT molecular complexity index is 852. The van der Waals surface area contributed by atoms with Crippen molar-refractivity contribution in [3.05, 3.63) is 65.8 Å². The zero-order chi connectivity index (χ0) is 14.2. The van der Waals surface area contributed by atoms with Crippen LogP contribution < -0.4 is 5.43 Å². The number of H-pyrrole nitrogens is 1. The molecule has 0 spiro atoms. The minimum atomic E-state index is -0.236. The second kappa shape index (κ2) is 4.49. The molecule has 5 heteroatoms. The van der Waals surface area contributed by atoms with Crippen LogP contribution in [0.2, 0.25) is 0 Å². The van der Waals surface area contributed by atoms with Gasteiger partial charge in [0.15, 0.2) is 5.76 Å². The molecule has 0 radical (unpaired) electrons. The number of carbonyl (C=O) groups excluding carboxylic acids is 1. The minimum absolute atomic E-state index is 0.236. The number of aromatic nitrogens is 1. The molecule has 0 saturated carbocycles. The Morgan fingerprint density at radius 2 is 2.05 bits per heavy atom. The molecule has 1 aliphatic heterocycles. The van der Waals surface area contributed by atoms with Crippen LogP contribution in [0.15, 0.2) is 63.8 Å². The number of benzene rings is 1. The third-order valence-electron chi connectivity index (χ3n) is 3.37. The van der Waals surface area contributed by atoms with E-state index in [2.05, 4.69) is 15.5 Å². The van der Waals surface area contributed by atoms with Crippen molar-refractivity contribution >= 4 is 28.6 Å². The van der Waals surface area contributed by atoms with Crippen LogP contribution in [0, 0.1) is 0 Å². The molecule has 3 heterocycles. The van der Waals surface area contributed by atoms with Crippen LogP contribution in [0.3, 0.4) is 0 Å². The van der Waals surface area contributed by atoms with Crippen LogP contribution >= 0.6 is 0 Å². The molecule has 0 aliphatic carbocycles. The highest BCUT2D eigenvalue weighted by Crippen LogP contribution is 2.20. The molecule has 3 aromatic rings. The average Bonchev–Trinajstić information content (AvgIpc) is 3.19. The number of hydrazone groups is 1. The summed E-state index contributed by atoms with van der Waals surface area (Å²) in [6.07, 6.45) is 3.34. The number of hydrogen-bond donors (Lipinski definition) is 2. The van der Waals surface area contributed by atoms with E-state index in [4.69, 9.17) is 4.42 Å². The second-order valence-corrected chi connectivity index (χ2v) is 4.75. The average molecular weight is 277 g/mol. The summed E-state index contributed by atoms with van der Waals surface area (Å²) in [5, 5.41) is 5.13. The molecule has 1 amide bonds. The number of amides is 1. The molecule has 21 heavy (non-hydrogen) atoms. The van der Waals surface area contributed by atoms with E-state index >= 15 is 0 Å². The van der Waals surface area contributed by atoms with Gasteiger partial charge in [-0.1, -0.05) is 18.2 Å². The highest BCUT2D eigenvalue weighted by atomic mass is 16.3. The zero-order valence-corrected chi connectivity index (χ0v) is 11.0. The third kappa shape index (κ3) is 1.95. The number of carbonyl (C=O) groups is 1. The Hall–Kier alpha value is -3.08. The zero-order valence-electron chi connectivity index (χ0n) is 11.0. The van der Waals surface area contributed by atoms with E-state index in [-0.39, 0.29) is 5.91 Å². The van der Waals surface area contributed by atoms with Gasteiger partial charge < -0.3 is 9.40 Å². The lowest BCUT2D eigenvalue weighted by molar-refractivity contribution is -0.116. The van der Waals surface area contributed by atoms with E-state index in [1.807, 2.05) is 30.3 Å². The van der Waals surface area contributed by atoms with Crippen molar-refractivity contribution in [3.8, 4) is 0 Å². The number of nitrogens with zero attached hydrogens (tertiary/aromatic N) is 1. The van der Waals surface area contributed by atoms with Gasteiger partial charge in [-0.05, 0) is 35.7 Å². The molecular formula is C16H11N3O2. The number of aromatic amines is 1. The summed E-state index contributed by atoms with van der Waals surface area (Å²) >= 11 is 0. The van der Waals surface area contributed by atoms with Crippen LogP contribution in [0.4, 0.5) is 0 Å². The maximum absolute atomic E-state index is 11.9. The highest BCUT2D eigenvalue weighted by molar-refractivity contribution is 6.32. The number of nitrogens with one attached hydrogen (secondary N) is 2. The van der Waals surface area contributed by atoms with E-state index in [1.54, 1.807) is 24.5 Å². The number of furan rings is 1. The van der Waals surface area contributed by atoms with Gasteiger partial charge in [-0.2, -0.15) is 5.10 Å². The van der Waals surface area contributed by atoms with E-state index in [1.165, 1.54) is 0 Å². The number of rotatable bonds is 2. The van der Waals surface area contributed by atoms with Gasteiger partial charge in [0, 0.05) is 11.2 Å². The van der Waals surface area contributed by atoms with Gasteiger partial charge in [-0.15, -0.1) is 0 Å². The van der Waals surface area contributed by atoms with Crippen molar-refractivity contribution in [1.82, 2.24) is 10.4 Å². The van der Waals surface area contributed by atoms with Crippen molar-refractivity contribution in [2.24, 2.45) is 5.10 Å².